The summed E-state index contributed by atoms with van der Waals surface area (Å²) in [5.41, 5.74) is 0.458. The SMILES string of the molecule is CC1(CN2CCCC(Br)C2=O)CC1. The zero-order chi connectivity index (χ0) is 9.47. The second-order valence-corrected chi connectivity index (χ2v) is 5.79. The molecule has 3 heteroatoms. The second kappa shape index (κ2) is 3.26. The van der Waals surface area contributed by atoms with Crippen molar-refractivity contribution in [2.75, 3.05) is 13.1 Å². The standard InChI is InChI=1S/C10H16BrNO/c1-10(4-5-10)7-12-6-2-3-8(11)9(12)13/h8H,2-7H2,1H3. The van der Waals surface area contributed by atoms with Crippen LogP contribution in [0.25, 0.3) is 0 Å². The Labute approximate surface area is 87.8 Å². The largest absolute Gasteiger partial charge is 0.341 e. The lowest BCUT2D eigenvalue weighted by Gasteiger charge is -2.31. The minimum atomic E-state index is 0.0867. The molecule has 0 aromatic heterocycles. The molecule has 1 aliphatic carbocycles. The Balaban J connectivity index is 1.93. The van der Waals surface area contributed by atoms with Gasteiger partial charge in [-0.05, 0) is 31.1 Å². The highest BCUT2D eigenvalue weighted by Gasteiger charge is 2.41. The molecule has 1 amide bonds. The molecule has 1 saturated heterocycles. The minimum absolute atomic E-state index is 0.0867. The molecule has 0 spiro atoms. The lowest BCUT2D eigenvalue weighted by atomic mass is 10.1. The van der Waals surface area contributed by atoms with Crippen LogP contribution in [0.3, 0.4) is 0 Å². The number of hydrogen-bond acceptors (Lipinski definition) is 1. The Hall–Kier alpha value is -0.0500. The van der Waals surface area contributed by atoms with Gasteiger partial charge in [-0.15, -0.1) is 0 Å². The van der Waals surface area contributed by atoms with Gasteiger partial charge in [-0.1, -0.05) is 22.9 Å². The van der Waals surface area contributed by atoms with Gasteiger partial charge in [0, 0.05) is 13.1 Å². The highest BCUT2D eigenvalue weighted by Crippen LogP contribution is 2.45. The fourth-order valence-electron chi connectivity index (χ4n) is 1.88. The number of carbonyl (C=O) groups is 1. The number of halogens is 1. The predicted molar refractivity (Wildman–Crippen MR) is 55.9 cm³/mol. The molecule has 0 N–H and O–H groups in total. The van der Waals surface area contributed by atoms with E-state index in [1.807, 2.05) is 4.90 Å². The first-order valence-electron chi connectivity index (χ1n) is 5.04. The van der Waals surface area contributed by atoms with E-state index in [2.05, 4.69) is 22.9 Å². The van der Waals surface area contributed by atoms with Crippen LogP contribution in [-0.2, 0) is 4.79 Å². The van der Waals surface area contributed by atoms with Crippen molar-refractivity contribution in [3.05, 3.63) is 0 Å². The monoisotopic (exact) mass is 245 g/mol. The number of rotatable bonds is 2. The fourth-order valence-corrected chi connectivity index (χ4v) is 2.50. The summed E-state index contributed by atoms with van der Waals surface area (Å²) >= 11 is 3.43. The molecular formula is C10H16BrNO. The summed E-state index contributed by atoms with van der Waals surface area (Å²) in [6.45, 7) is 4.22. The van der Waals surface area contributed by atoms with E-state index in [1.165, 1.54) is 12.8 Å². The van der Waals surface area contributed by atoms with Crippen molar-refractivity contribution in [1.29, 1.82) is 0 Å². The molecule has 1 aliphatic heterocycles. The van der Waals surface area contributed by atoms with E-state index in [-0.39, 0.29) is 4.83 Å². The third-order valence-electron chi connectivity index (χ3n) is 3.14. The van der Waals surface area contributed by atoms with Crippen LogP contribution in [0.4, 0.5) is 0 Å². The van der Waals surface area contributed by atoms with Crippen LogP contribution in [0.5, 0.6) is 0 Å². The summed E-state index contributed by atoms with van der Waals surface area (Å²) in [6.07, 6.45) is 4.75. The normalized spacial score (nSPS) is 32.0. The summed E-state index contributed by atoms with van der Waals surface area (Å²) in [5, 5.41) is 0. The Morgan fingerprint density at radius 1 is 1.62 bits per heavy atom. The van der Waals surface area contributed by atoms with E-state index >= 15 is 0 Å². The first-order valence-corrected chi connectivity index (χ1v) is 5.95. The molecule has 1 saturated carbocycles. The van der Waals surface area contributed by atoms with Crippen LogP contribution in [0.2, 0.25) is 0 Å². The van der Waals surface area contributed by atoms with E-state index in [9.17, 15) is 4.79 Å². The van der Waals surface area contributed by atoms with E-state index in [0.29, 0.717) is 11.3 Å². The van der Waals surface area contributed by atoms with Crippen molar-refractivity contribution >= 4 is 21.8 Å². The molecule has 74 valence electrons. The average Bonchev–Trinajstić information content (AvgIpc) is 2.78. The number of alkyl halides is 1. The highest BCUT2D eigenvalue weighted by molar-refractivity contribution is 9.10. The first-order chi connectivity index (χ1) is 6.11. The molecule has 0 aromatic carbocycles. The molecule has 2 fully saturated rings. The summed E-state index contributed by atoms with van der Waals surface area (Å²) in [6, 6.07) is 0. The summed E-state index contributed by atoms with van der Waals surface area (Å²) < 4.78 is 0. The van der Waals surface area contributed by atoms with E-state index in [0.717, 1.165) is 25.9 Å². The number of nitrogens with zero attached hydrogens (tertiary/aromatic N) is 1. The van der Waals surface area contributed by atoms with Gasteiger partial charge in [0.2, 0.25) is 5.91 Å². The van der Waals surface area contributed by atoms with E-state index < -0.39 is 0 Å². The molecular weight excluding hydrogens is 230 g/mol. The quantitative estimate of drug-likeness (QED) is 0.684. The lowest BCUT2D eigenvalue weighted by Crippen LogP contribution is -2.44. The number of carbonyl (C=O) groups excluding carboxylic acids is 1. The fraction of sp³-hybridized carbons (Fsp3) is 0.900. The van der Waals surface area contributed by atoms with Gasteiger partial charge < -0.3 is 4.90 Å². The maximum absolute atomic E-state index is 11.7. The van der Waals surface area contributed by atoms with Gasteiger partial charge in [-0.3, -0.25) is 4.79 Å². The Bertz CT molecular complexity index is 225. The minimum Gasteiger partial charge on any atom is -0.341 e. The third-order valence-corrected chi connectivity index (χ3v) is 3.99. The highest BCUT2D eigenvalue weighted by atomic mass is 79.9. The average molecular weight is 246 g/mol. The first kappa shape index (κ1) is 9.50. The molecule has 1 heterocycles. The Morgan fingerprint density at radius 3 is 2.92 bits per heavy atom. The van der Waals surface area contributed by atoms with Gasteiger partial charge >= 0.3 is 0 Å². The zero-order valence-electron chi connectivity index (χ0n) is 8.05. The zero-order valence-corrected chi connectivity index (χ0v) is 9.64. The van der Waals surface area contributed by atoms with Crippen molar-refractivity contribution in [3.63, 3.8) is 0 Å². The molecule has 1 unspecified atom stereocenters. The molecule has 1 atom stereocenters. The third kappa shape index (κ3) is 2.06. The van der Waals surface area contributed by atoms with E-state index in [4.69, 9.17) is 0 Å². The summed E-state index contributed by atoms with van der Waals surface area (Å²) in [4.78, 5) is 13.8. The van der Waals surface area contributed by atoms with Crippen LogP contribution >= 0.6 is 15.9 Å². The number of hydrogen-bond donors (Lipinski definition) is 0. The van der Waals surface area contributed by atoms with Crippen molar-refractivity contribution in [3.8, 4) is 0 Å². The van der Waals surface area contributed by atoms with Crippen molar-refractivity contribution < 1.29 is 4.79 Å². The second-order valence-electron chi connectivity index (χ2n) is 4.68. The van der Waals surface area contributed by atoms with Crippen LogP contribution in [-0.4, -0.2) is 28.7 Å². The summed E-state index contributed by atoms with van der Waals surface area (Å²) in [7, 11) is 0. The van der Waals surface area contributed by atoms with Crippen LogP contribution in [0, 0.1) is 5.41 Å². The molecule has 2 rings (SSSR count). The van der Waals surface area contributed by atoms with Gasteiger partial charge in [0.15, 0.2) is 0 Å². The molecule has 2 aliphatic rings. The molecule has 0 radical (unpaired) electrons. The number of amides is 1. The topological polar surface area (TPSA) is 20.3 Å². The lowest BCUT2D eigenvalue weighted by molar-refractivity contribution is -0.133. The van der Waals surface area contributed by atoms with Gasteiger partial charge in [-0.2, -0.15) is 0 Å². The molecule has 0 aromatic rings. The van der Waals surface area contributed by atoms with Crippen molar-refractivity contribution in [2.45, 2.75) is 37.4 Å². The van der Waals surface area contributed by atoms with Gasteiger partial charge in [-0.25, -0.2) is 0 Å². The van der Waals surface area contributed by atoms with Crippen LogP contribution < -0.4 is 0 Å². The van der Waals surface area contributed by atoms with E-state index in [1.54, 1.807) is 0 Å². The van der Waals surface area contributed by atoms with Gasteiger partial charge in [0.05, 0.1) is 4.83 Å². The van der Waals surface area contributed by atoms with Gasteiger partial charge in [0.1, 0.15) is 0 Å². The maximum Gasteiger partial charge on any atom is 0.236 e. The Morgan fingerprint density at radius 2 is 2.31 bits per heavy atom. The Kier molecular flexibility index (Phi) is 2.39. The van der Waals surface area contributed by atoms with Crippen LogP contribution in [0.15, 0.2) is 0 Å². The summed E-state index contributed by atoms with van der Waals surface area (Å²) in [5.74, 6) is 0.305. The predicted octanol–water partition coefficient (Wildman–Crippen LogP) is 2.17. The number of likely N-dealkylation sites (tertiary alicyclic amines) is 1. The molecule has 2 nitrogen and oxygen atoms in total. The molecule has 0 bridgehead atoms. The smallest absolute Gasteiger partial charge is 0.236 e. The maximum atomic E-state index is 11.7. The van der Waals surface area contributed by atoms with Crippen LogP contribution in [0.1, 0.15) is 32.6 Å². The van der Waals surface area contributed by atoms with Crippen molar-refractivity contribution in [2.24, 2.45) is 5.41 Å². The van der Waals surface area contributed by atoms with Crippen molar-refractivity contribution in [1.82, 2.24) is 4.90 Å². The van der Waals surface area contributed by atoms with Gasteiger partial charge in [0.25, 0.3) is 0 Å². The molecule has 13 heavy (non-hydrogen) atoms. The number of piperidine rings is 1.